The molecule has 0 radical (unpaired) electrons. The van der Waals surface area contributed by atoms with Gasteiger partial charge in [0.25, 0.3) is 10.0 Å². The quantitative estimate of drug-likeness (QED) is 0.679. The highest BCUT2D eigenvalue weighted by Crippen LogP contribution is 2.36. The van der Waals surface area contributed by atoms with Crippen LogP contribution in [0.3, 0.4) is 0 Å². The number of sulfonamides is 1. The van der Waals surface area contributed by atoms with Gasteiger partial charge in [0.1, 0.15) is 35.2 Å². The summed E-state index contributed by atoms with van der Waals surface area (Å²) in [5.41, 5.74) is 3.44. The fourth-order valence-corrected chi connectivity index (χ4v) is 4.09. The first-order valence-corrected chi connectivity index (χ1v) is 10.5. The summed E-state index contributed by atoms with van der Waals surface area (Å²) >= 11 is 0. The van der Waals surface area contributed by atoms with E-state index in [0.29, 0.717) is 34.2 Å². The number of methoxy groups -OCH3 is 4. The third-order valence-electron chi connectivity index (χ3n) is 4.49. The van der Waals surface area contributed by atoms with Crippen molar-refractivity contribution >= 4 is 33.4 Å². The number of carbonyl (C=O) groups is 1. The number of benzene rings is 2. The Morgan fingerprint density at radius 1 is 0.968 bits per heavy atom. The van der Waals surface area contributed by atoms with E-state index >= 15 is 0 Å². The molecule has 0 amide bonds. The molecule has 0 saturated heterocycles. The molecule has 1 aliphatic rings. The normalized spacial score (nSPS) is 13.7. The maximum Gasteiger partial charge on any atom is 0.352 e. The van der Waals surface area contributed by atoms with Gasteiger partial charge in [0.05, 0.1) is 45.1 Å². The zero-order valence-electron chi connectivity index (χ0n) is 17.4. The third kappa shape index (κ3) is 4.61. The number of hydrogen-bond donors (Lipinski definition) is 1. The van der Waals surface area contributed by atoms with Crippen LogP contribution < -0.4 is 28.7 Å². The lowest BCUT2D eigenvalue weighted by atomic mass is 10.1. The van der Waals surface area contributed by atoms with Gasteiger partial charge in [-0.25, -0.2) is 18.7 Å². The zero-order chi connectivity index (χ0) is 22.6. The Labute approximate surface area is 179 Å². The highest BCUT2D eigenvalue weighted by atomic mass is 32.2. The van der Waals surface area contributed by atoms with Gasteiger partial charge in [0, 0.05) is 12.1 Å². The van der Waals surface area contributed by atoms with Crippen LogP contribution in [0.15, 0.2) is 35.7 Å². The van der Waals surface area contributed by atoms with Gasteiger partial charge >= 0.3 is 5.97 Å². The topological polar surface area (TPSA) is 113 Å². The van der Waals surface area contributed by atoms with Gasteiger partial charge in [-0.15, -0.1) is 0 Å². The number of carbonyl (C=O) groups excluding carboxylic acids is 1. The van der Waals surface area contributed by atoms with Gasteiger partial charge in [0.2, 0.25) is 0 Å². The monoisotopic (exact) mass is 450 g/mol. The molecule has 2 bridgehead atoms. The van der Waals surface area contributed by atoms with Crippen molar-refractivity contribution in [1.82, 2.24) is 0 Å². The zero-order valence-corrected chi connectivity index (χ0v) is 18.2. The summed E-state index contributed by atoms with van der Waals surface area (Å²) < 4.78 is 48.2. The van der Waals surface area contributed by atoms with Crippen LogP contribution in [0.25, 0.3) is 6.08 Å². The van der Waals surface area contributed by atoms with E-state index in [1.165, 1.54) is 46.6 Å². The van der Waals surface area contributed by atoms with Gasteiger partial charge in [0.15, 0.2) is 0 Å². The molecule has 31 heavy (non-hydrogen) atoms. The molecule has 1 N–H and O–H groups in total. The Morgan fingerprint density at radius 3 is 2.19 bits per heavy atom. The van der Waals surface area contributed by atoms with Crippen molar-refractivity contribution in [1.29, 1.82) is 0 Å². The molecular weight excluding hydrogens is 428 g/mol. The molecule has 166 valence electrons. The molecule has 0 saturated carbocycles. The molecule has 11 heteroatoms. The highest BCUT2D eigenvalue weighted by Gasteiger charge is 2.27. The second kappa shape index (κ2) is 9.04. The number of anilines is 2. The smallest absolute Gasteiger partial charge is 0.352 e. The lowest BCUT2D eigenvalue weighted by Gasteiger charge is -2.25. The number of rotatable bonds is 7. The SMILES string of the molecule is COc1cc(OC)c(/C=C/S(=O)(=O)N2CC(=O)ONc3cc2ccc3OC)c(OC)c1. The lowest BCUT2D eigenvalue weighted by molar-refractivity contribution is -0.138. The average Bonchev–Trinajstić information content (AvgIpc) is 2.77. The Kier molecular flexibility index (Phi) is 6.44. The fraction of sp³-hybridized carbons (Fsp3) is 0.250. The van der Waals surface area contributed by atoms with E-state index in [0.717, 1.165) is 9.71 Å². The molecule has 1 aliphatic heterocycles. The minimum absolute atomic E-state index is 0.262. The molecule has 0 unspecified atom stereocenters. The van der Waals surface area contributed by atoms with E-state index in [1.807, 2.05) is 0 Å². The van der Waals surface area contributed by atoms with Crippen LogP contribution in [0.2, 0.25) is 0 Å². The summed E-state index contributed by atoms with van der Waals surface area (Å²) in [4.78, 5) is 17.0. The van der Waals surface area contributed by atoms with Crippen molar-refractivity contribution < 1.29 is 37.0 Å². The molecule has 0 aromatic heterocycles. The van der Waals surface area contributed by atoms with Crippen LogP contribution in [-0.2, 0) is 19.7 Å². The molecule has 1 heterocycles. The molecule has 0 atom stereocenters. The van der Waals surface area contributed by atoms with E-state index in [-0.39, 0.29) is 5.69 Å². The van der Waals surface area contributed by atoms with Gasteiger partial charge in [-0.2, -0.15) is 0 Å². The van der Waals surface area contributed by atoms with Crippen LogP contribution in [0.5, 0.6) is 23.0 Å². The van der Waals surface area contributed by atoms with Gasteiger partial charge < -0.3 is 23.8 Å². The van der Waals surface area contributed by atoms with Crippen LogP contribution >= 0.6 is 0 Å². The molecular formula is C20H22N2O8S. The summed E-state index contributed by atoms with van der Waals surface area (Å²) in [6.07, 6.45) is 1.33. The van der Waals surface area contributed by atoms with Crippen LogP contribution in [0.4, 0.5) is 11.4 Å². The molecule has 2 aromatic carbocycles. The van der Waals surface area contributed by atoms with Crippen molar-refractivity contribution in [3.8, 4) is 23.0 Å². The minimum Gasteiger partial charge on any atom is -0.496 e. The second-order valence-electron chi connectivity index (χ2n) is 6.26. The standard InChI is InChI=1S/C20H22N2O8S/c1-26-14-10-18(28-3)15(19(11-14)29-4)7-8-31(24,25)22-12-20(23)30-21-16-9-13(22)5-6-17(16)27-2/h5-11,21H,12H2,1-4H3/b8-7+. The predicted molar refractivity (Wildman–Crippen MR) is 114 cm³/mol. The first kappa shape index (κ1) is 22.1. The number of nitrogens with one attached hydrogen (secondary N) is 1. The summed E-state index contributed by atoms with van der Waals surface area (Å²) in [5.74, 6) is 0.791. The molecule has 10 nitrogen and oxygen atoms in total. The van der Waals surface area contributed by atoms with E-state index in [2.05, 4.69) is 5.48 Å². The average molecular weight is 450 g/mol. The number of hydrogen-bond acceptors (Lipinski definition) is 9. The Hall–Kier alpha value is -3.60. The number of fused-ring (bicyclic) bond motifs is 2. The molecule has 3 rings (SSSR count). The van der Waals surface area contributed by atoms with E-state index in [4.69, 9.17) is 23.8 Å². The lowest BCUT2D eigenvalue weighted by Crippen LogP contribution is -2.37. The molecule has 2 aromatic rings. The highest BCUT2D eigenvalue weighted by molar-refractivity contribution is 7.95. The Bertz CT molecular complexity index is 1090. The maximum absolute atomic E-state index is 13.1. The molecule has 0 fully saturated rings. The fourth-order valence-electron chi connectivity index (χ4n) is 2.94. The first-order chi connectivity index (χ1) is 14.8. The van der Waals surface area contributed by atoms with Crippen molar-refractivity contribution in [3.63, 3.8) is 0 Å². The van der Waals surface area contributed by atoms with Crippen LogP contribution in [0.1, 0.15) is 5.56 Å². The minimum atomic E-state index is -4.10. The van der Waals surface area contributed by atoms with Gasteiger partial charge in [-0.3, -0.25) is 4.31 Å². The number of nitrogens with zero attached hydrogens (tertiary/aromatic N) is 1. The van der Waals surface area contributed by atoms with Gasteiger partial charge in [-0.1, -0.05) is 0 Å². The summed E-state index contributed by atoms with van der Waals surface area (Å²) in [6, 6.07) is 7.81. The first-order valence-electron chi connectivity index (χ1n) is 8.97. The number of ether oxygens (including phenoxy) is 4. The largest absolute Gasteiger partial charge is 0.496 e. The van der Waals surface area contributed by atoms with E-state index in [9.17, 15) is 13.2 Å². The summed E-state index contributed by atoms with van der Waals surface area (Å²) in [6.45, 7) is -0.525. The summed E-state index contributed by atoms with van der Waals surface area (Å²) in [5, 5.41) is 0.964. The van der Waals surface area contributed by atoms with Gasteiger partial charge in [-0.05, 0) is 24.3 Å². The van der Waals surface area contributed by atoms with Crippen molar-refractivity contribution in [2.75, 3.05) is 44.8 Å². The Morgan fingerprint density at radius 2 is 1.61 bits per heavy atom. The predicted octanol–water partition coefficient (Wildman–Crippen LogP) is 2.41. The van der Waals surface area contributed by atoms with Crippen molar-refractivity contribution in [3.05, 3.63) is 41.3 Å². The van der Waals surface area contributed by atoms with Crippen LogP contribution in [0, 0.1) is 0 Å². The van der Waals surface area contributed by atoms with Crippen molar-refractivity contribution in [2.45, 2.75) is 0 Å². The van der Waals surface area contributed by atoms with Crippen molar-refractivity contribution in [2.24, 2.45) is 0 Å². The summed E-state index contributed by atoms with van der Waals surface area (Å²) in [7, 11) is 1.73. The van der Waals surface area contributed by atoms with E-state index in [1.54, 1.807) is 18.2 Å². The molecule has 0 aliphatic carbocycles. The molecule has 0 spiro atoms. The van der Waals surface area contributed by atoms with E-state index < -0.39 is 22.5 Å². The third-order valence-corrected chi connectivity index (χ3v) is 5.92. The maximum atomic E-state index is 13.1. The van der Waals surface area contributed by atoms with Crippen LogP contribution in [-0.4, -0.2) is 49.4 Å². The second-order valence-corrected chi connectivity index (χ2v) is 8.00. The Balaban J connectivity index is 2.04.